The third kappa shape index (κ3) is 30.4. The van der Waals surface area contributed by atoms with E-state index in [0.717, 1.165) is 57.8 Å². The summed E-state index contributed by atoms with van der Waals surface area (Å²) in [7, 11) is -4.39. The van der Waals surface area contributed by atoms with E-state index < -0.39 is 32.5 Å². The lowest BCUT2D eigenvalue weighted by Gasteiger charge is -2.19. The van der Waals surface area contributed by atoms with Crippen molar-refractivity contribution in [2.45, 2.75) is 173 Å². The molecule has 3 N–H and O–H groups in total. The molecule has 3 unspecified atom stereocenters. The minimum Gasteiger partial charge on any atom is -0.462 e. The van der Waals surface area contributed by atoms with Crippen LogP contribution in [0.3, 0.4) is 0 Å². The van der Waals surface area contributed by atoms with Gasteiger partial charge in [-0.2, -0.15) is 0 Å². The summed E-state index contributed by atoms with van der Waals surface area (Å²) in [6.45, 7) is 3.58. The first kappa shape index (κ1) is 48.0. The molecule has 0 aromatic carbocycles. The van der Waals surface area contributed by atoms with E-state index in [1.807, 2.05) is 6.08 Å². The van der Waals surface area contributed by atoms with Gasteiger partial charge in [-0.3, -0.25) is 18.6 Å². The number of phosphoric acid groups is 1. The number of hydrogen-bond donors (Lipinski definition) is 2. The van der Waals surface area contributed by atoms with Crippen LogP contribution < -0.4 is 5.73 Å². The van der Waals surface area contributed by atoms with E-state index in [1.165, 1.54) is 51.4 Å². The second-order valence-electron chi connectivity index (χ2n) is 13.5. The van der Waals surface area contributed by atoms with E-state index >= 15 is 0 Å². The summed E-state index contributed by atoms with van der Waals surface area (Å²) < 4.78 is 38.4. The molecule has 0 aromatic rings. The molecule has 0 spiro atoms. The molecule has 0 aliphatic carbocycles. The van der Waals surface area contributed by atoms with Crippen LogP contribution in [0.15, 0.2) is 48.6 Å². The first-order valence-corrected chi connectivity index (χ1v) is 21.7. The van der Waals surface area contributed by atoms with Gasteiger partial charge in [0.05, 0.1) is 25.4 Å². The quantitative estimate of drug-likeness (QED) is 0.0208. The molecule has 1 aliphatic rings. The van der Waals surface area contributed by atoms with Crippen LogP contribution in [0.2, 0.25) is 0 Å². The highest BCUT2D eigenvalue weighted by Crippen LogP contribution is 2.43. The predicted molar refractivity (Wildman–Crippen MR) is 210 cm³/mol. The van der Waals surface area contributed by atoms with E-state index in [-0.39, 0.29) is 32.6 Å². The largest absolute Gasteiger partial charge is 0.472 e. The first-order valence-electron chi connectivity index (χ1n) is 20.2. The van der Waals surface area contributed by atoms with Gasteiger partial charge in [-0.25, -0.2) is 4.57 Å². The Bertz CT molecular complexity index is 1060. The summed E-state index contributed by atoms with van der Waals surface area (Å²) in [5.41, 5.74) is 5.33. The van der Waals surface area contributed by atoms with Gasteiger partial charge in [0.2, 0.25) is 0 Å². The van der Waals surface area contributed by atoms with Gasteiger partial charge < -0.3 is 24.8 Å². The van der Waals surface area contributed by atoms with Gasteiger partial charge in [0.15, 0.2) is 6.10 Å². The number of epoxide rings is 1. The Hall–Kier alpha value is -2.07. The van der Waals surface area contributed by atoms with Crippen molar-refractivity contribution >= 4 is 19.8 Å². The zero-order valence-electron chi connectivity index (χ0n) is 32.5. The number of carbonyl (C=O) groups excluding carboxylic acids is 2. The number of unbranched alkanes of at least 4 members (excludes halogenated alkanes) is 13. The average Bonchev–Trinajstić information content (AvgIpc) is 3.89. The van der Waals surface area contributed by atoms with Gasteiger partial charge in [0, 0.05) is 19.4 Å². The highest BCUT2D eigenvalue weighted by Gasteiger charge is 2.36. The summed E-state index contributed by atoms with van der Waals surface area (Å²) in [5.74, 6) is -0.915. The number of nitrogens with two attached hydrogens (primary N) is 1. The lowest BCUT2D eigenvalue weighted by molar-refractivity contribution is -0.161. The summed E-state index contributed by atoms with van der Waals surface area (Å²) in [5, 5.41) is 0. The first-order chi connectivity index (χ1) is 25.3. The molecule has 300 valence electrons. The number of allylic oxidation sites excluding steroid dienone is 6. The molecule has 0 bridgehead atoms. The summed E-state index contributed by atoms with van der Waals surface area (Å²) in [4.78, 5) is 34.8. The maximum atomic E-state index is 12.5. The van der Waals surface area contributed by atoms with Crippen molar-refractivity contribution in [1.29, 1.82) is 0 Å². The second-order valence-corrected chi connectivity index (χ2v) is 15.0. The topological polar surface area (TPSA) is 147 Å². The predicted octanol–water partition coefficient (Wildman–Crippen LogP) is 10.1. The van der Waals surface area contributed by atoms with Gasteiger partial charge in [-0.1, -0.05) is 114 Å². The molecule has 4 atom stereocenters. The van der Waals surface area contributed by atoms with Crippen molar-refractivity contribution in [3.8, 4) is 0 Å². The zero-order valence-corrected chi connectivity index (χ0v) is 33.4. The summed E-state index contributed by atoms with van der Waals surface area (Å²) >= 11 is 0. The van der Waals surface area contributed by atoms with Gasteiger partial charge in [0.1, 0.15) is 6.61 Å². The Labute approximate surface area is 315 Å². The molecule has 10 nitrogen and oxygen atoms in total. The summed E-state index contributed by atoms with van der Waals surface area (Å²) in [6, 6.07) is 0. The van der Waals surface area contributed by atoms with Crippen molar-refractivity contribution in [2.24, 2.45) is 5.73 Å². The summed E-state index contributed by atoms with van der Waals surface area (Å²) in [6.07, 6.45) is 38.9. The number of esters is 2. The molecule has 52 heavy (non-hydrogen) atoms. The molecule has 1 aliphatic heterocycles. The van der Waals surface area contributed by atoms with Crippen molar-refractivity contribution in [3.63, 3.8) is 0 Å². The molecule has 1 heterocycles. The maximum Gasteiger partial charge on any atom is 0.472 e. The van der Waals surface area contributed by atoms with Gasteiger partial charge >= 0.3 is 19.8 Å². The number of rotatable bonds is 36. The molecular weight excluding hydrogens is 681 g/mol. The fraction of sp³-hybridized carbons (Fsp3) is 0.756. The van der Waals surface area contributed by atoms with Crippen molar-refractivity contribution in [2.75, 3.05) is 26.4 Å². The molecule has 0 aromatic heterocycles. The van der Waals surface area contributed by atoms with E-state index in [1.54, 1.807) is 0 Å². The number of carbonyl (C=O) groups is 2. The van der Waals surface area contributed by atoms with Crippen LogP contribution in [0.5, 0.6) is 0 Å². The van der Waals surface area contributed by atoms with Crippen LogP contribution in [0.4, 0.5) is 0 Å². The molecule has 0 amide bonds. The highest BCUT2D eigenvalue weighted by molar-refractivity contribution is 7.47. The van der Waals surface area contributed by atoms with Crippen LogP contribution in [-0.2, 0) is 37.4 Å². The van der Waals surface area contributed by atoms with Crippen LogP contribution in [-0.4, -0.2) is 61.5 Å². The standard InChI is InChI=1S/C41H72NO9P/c1-3-5-7-9-11-12-13-14-15-16-19-23-27-31-40(43)47-35-37(36-49-52(45,46)48-34-33-42)50-41(44)32-28-24-20-17-18-22-26-30-39-38(51-39)29-25-21-10-8-6-4-2/h12-13,17,20-22,25-26,37-39H,3-11,14-16,18-19,23-24,27-36,42H2,1-2H3,(H,45,46)/b13-12-,20-17-,25-21-,26-22-/t37-,38?,39?/m1/s1. The van der Waals surface area contributed by atoms with E-state index in [0.29, 0.717) is 31.5 Å². The smallest absolute Gasteiger partial charge is 0.462 e. The third-order valence-corrected chi connectivity index (χ3v) is 9.57. The number of hydrogen-bond acceptors (Lipinski definition) is 9. The Balaban J connectivity index is 2.26. The van der Waals surface area contributed by atoms with Crippen molar-refractivity contribution in [3.05, 3.63) is 48.6 Å². The van der Waals surface area contributed by atoms with Crippen LogP contribution in [0.1, 0.15) is 155 Å². The molecule has 0 radical (unpaired) electrons. The highest BCUT2D eigenvalue weighted by atomic mass is 31.2. The van der Waals surface area contributed by atoms with E-state index in [4.69, 9.17) is 29.0 Å². The average molecular weight is 754 g/mol. The van der Waals surface area contributed by atoms with Crippen molar-refractivity contribution < 1.29 is 42.3 Å². The second kappa shape index (κ2) is 33.5. The van der Waals surface area contributed by atoms with Crippen molar-refractivity contribution in [1.82, 2.24) is 0 Å². The molecule has 1 saturated heterocycles. The van der Waals surface area contributed by atoms with E-state index in [2.05, 4.69) is 56.4 Å². The molecule has 0 saturated carbocycles. The van der Waals surface area contributed by atoms with Crippen LogP contribution in [0, 0.1) is 0 Å². The van der Waals surface area contributed by atoms with Gasteiger partial charge in [-0.15, -0.1) is 0 Å². The van der Waals surface area contributed by atoms with Gasteiger partial charge in [0.25, 0.3) is 0 Å². The lowest BCUT2D eigenvalue weighted by atomic mass is 10.1. The maximum absolute atomic E-state index is 12.5. The molecule has 11 heteroatoms. The molecule has 1 rings (SSSR count). The van der Waals surface area contributed by atoms with E-state index in [9.17, 15) is 19.0 Å². The lowest BCUT2D eigenvalue weighted by Crippen LogP contribution is -2.29. The number of phosphoric ester groups is 1. The minimum absolute atomic E-state index is 0.0398. The zero-order chi connectivity index (χ0) is 38.0. The minimum atomic E-state index is -4.39. The normalized spacial score (nSPS) is 17.8. The van der Waals surface area contributed by atoms with Gasteiger partial charge in [-0.05, 0) is 77.0 Å². The fourth-order valence-electron chi connectivity index (χ4n) is 5.43. The van der Waals surface area contributed by atoms with Crippen LogP contribution >= 0.6 is 7.82 Å². The Morgan fingerprint density at radius 2 is 1.19 bits per heavy atom. The third-order valence-electron chi connectivity index (χ3n) is 8.59. The monoisotopic (exact) mass is 753 g/mol. The van der Waals surface area contributed by atoms with Crippen LogP contribution in [0.25, 0.3) is 0 Å². The Morgan fingerprint density at radius 1 is 0.673 bits per heavy atom. The molecule has 1 fully saturated rings. The molecular formula is C41H72NO9P. The fourth-order valence-corrected chi connectivity index (χ4v) is 6.19. The Kier molecular flexibility index (Phi) is 30.9. The SMILES string of the molecule is CCCCC/C=C\CC1OC1C/C=C\C/C=C\CCCC(=O)O[C@H](COC(=O)CCCCCCC/C=C\CCCCCC)COP(=O)(O)OCCN. The Morgan fingerprint density at radius 3 is 1.88 bits per heavy atom. The number of ether oxygens (including phenoxy) is 3.